The summed E-state index contributed by atoms with van der Waals surface area (Å²) in [5.41, 5.74) is 4.11. The van der Waals surface area contributed by atoms with Crippen LogP contribution in [0.3, 0.4) is 0 Å². The summed E-state index contributed by atoms with van der Waals surface area (Å²) in [6.45, 7) is 8.23. The molecule has 0 radical (unpaired) electrons. The van der Waals surface area contributed by atoms with Gasteiger partial charge in [0.25, 0.3) is 0 Å². The van der Waals surface area contributed by atoms with Crippen molar-refractivity contribution in [2.24, 2.45) is 5.92 Å². The summed E-state index contributed by atoms with van der Waals surface area (Å²) in [7, 11) is 1.62. The lowest BCUT2D eigenvalue weighted by molar-refractivity contribution is -0.140. The van der Waals surface area contributed by atoms with Gasteiger partial charge in [-0.3, -0.25) is 4.79 Å². The van der Waals surface area contributed by atoms with Crippen molar-refractivity contribution < 1.29 is 28.9 Å². The number of carbonyl (C=O) groups is 2. The van der Waals surface area contributed by atoms with Crippen LogP contribution in [0.25, 0.3) is 0 Å². The van der Waals surface area contributed by atoms with Crippen molar-refractivity contribution in [1.82, 2.24) is 5.32 Å². The second-order valence-corrected chi connectivity index (χ2v) is 10.9. The highest BCUT2D eigenvalue weighted by atomic mass is 79.9. The van der Waals surface area contributed by atoms with E-state index >= 15 is 0 Å². The quantitative estimate of drug-likeness (QED) is 0.361. The SMILES string of the molecule is CCOc1cc([C@H]2C(C(=O)OCC(C)C)=C(C)NC3=C2C(=O)C[C@H](c2ccc(OC)cc2)C3)cc(Br)c1O. The van der Waals surface area contributed by atoms with Gasteiger partial charge in [-0.25, -0.2) is 4.79 Å². The molecule has 8 heteroatoms. The highest BCUT2D eigenvalue weighted by molar-refractivity contribution is 9.10. The first-order chi connectivity index (χ1) is 18.1. The van der Waals surface area contributed by atoms with Crippen LogP contribution in [-0.4, -0.2) is 37.2 Å². The molecule has 2 aromatic rings. The number of dihydropyridines is 1. The molecule has 0 unspecified atom stereocenters. The summed E-state index contributed by atoms with van der Waals surface area (Å²) in [5.74, 6) is 0.0132. The predicted octanol–water partition coefficient (Wildman–Crippen LogP) is 6.12. The summed E-state index contributed by atoms with van der Waals surface area (Å²) in [6, 6.07) is 11.2. The third-order valence-electron chi connectivity index (χ3n) is 6.87. The number of hydrogen-bond acceptors (Lipinski definition) is 7. The van der Waals surface area contributed by atoms with Gasteiger partial charge in [0.2, 0.25) is 0 Å². The second kappa shape index (κ2) is 11.6. The smallest absolute Gasteiger partial charge is 0.336 e. The van der Waals surface area contributed by atoms with Crippen LogP contribution in [0.5, 0.6) is 17.2 Å². The molecule has 38 heavy (non-hydrogen) atoms. The van der Waals surface area contributed by atoms with Crippen molar-refractivity contribution in [3.05, 3.63) is 74.5 Å². The monoisotopic (exact) mass is 583 g/mol. The molecule has 1 aliphatic heterocycles. The molecule has 1 aliphatic carbocycles. The molecule has 0 fully saturated rings. The Morgan fingerprint density at radius 3 is 2.50 bits per heavy atom. The van der Waals surface area contributed by atoms with E-state index in [9.17, 15) is 14.7 Å². The molecule has 202 valence electrons. The average Bonchev–Trinajstić information content (AvgIpc) is 2.89. The molecular weight excluding hydrogens is 550 g/mol. The molecule has 0 amide bonds. The Hall–Kier alpha value is -3.26. The number of nitrogens with one attached hydrogen (secondary N) is 1. The number of benzene rings is 2. The van der Waals surface area contributed by atoms with E-state index in [-0.39, 0.29) is 35.7 Å². The molecule has 1 heterocycles. The molecule has 0 saturated carbocycles. The largest absolute Gasteiger partial charge is 0.503 e. The second-order valence-electron chi connectivity index (χ2n) is 10.1. The number of halogens is 1. The van der Waals surface area contributed by atoms with Crippen LogP contribution in [0.1, 0.15) is 63.5 Å². The standard InChI is InChI=1S/C30H34BrNO6/c1-6-37-25-14-20(11-22(31)29(25)34)27-26(30(35)38-15-16(2)3)17(4)32-23-12-19(13-24(33)28(23)27)18-7-9-21(36-5)10-8-18/h7-11,14,16,19,27,32,34H,6,12-13,15H2,1-5H3/t19-,27+/m1/s1. The topological polar surface area (TPSA) is 94.1 Å². The number of phenols is 1. The van der Waals surface area contributed by atoms with Crippen molar-refractivity contribution in [1.29, 1.82) is 0 Å². The fraction of sp³-hybridized carbons (Fsp3) is 0.400. The van der Waals surface area contributed by atoms with Gasteiger partial charge in [-0.15, -0.1) is 0 Å². The molecule has 0 spiro atoms. The van der Waals surface area contributed by atoms with Crippen molar-refractivity contribution >= 4 is 27.7 Å². The van der Waals surface area contributed by atoms with Gasteiger partial charge < -0.3 is 24.6 Å². The van der Waals surface area contributed by atoms with Gasteiger partial charge >= 0.3 is 5.97 Å². The molecule has 0 saturated heterocycles. The number of phenolic OH excluding ortho intramolecular Hbond substituents is 1. The van der Waals surface area contributed by atoms with Gasteiger partial charge in [-0.05, 0) is 83.4 Å². The first-order valence-corrected chi connectivity index (χ1v) is 13.6. The Morgan fingerprint density at radius 1 is 1.16 bits per heavy atom. The number of hydrogen-bond donors (Lipinski definition) is 2. The maximum Gasteiger partial charge on any atom is 0.336 e. The highest BCUT2D eigenvalue weighted by Crippen LogP contribution is 2.48. The number of carbonyl (C=O) groups excluding carboxylic acids is 2. The van der Waals surface area contributed by atoms with E-state index in [1.165, 1.54) is 0 Å². The minimum Gasteiger partial charge on any atom is -0.503 e. The lowest BCUT2D eigenvalue weighted by Crippen LogP contribution is -2.36. The van der Waals surface area contributed by atoms with Crippen LogP contribution in [0.2, 0.25) is 0 Å². The lowest BCUT2D eigenvalue weighted by atomic mass is 9.71. The molecule has 2 aliphatic rings. The molecular formula is C30H34BrNO6. The van der Waals surface area contributed by atoms with Crippen LogP contribution in [0.4, 0.5) is 0 Å². The normalized spacial score (nSPS) is 19.3. The summed E-state index contributed by atoms with van der Waals surface area (Å²) in [6.07, 6.45) is 0.932. The number of ether oxygens (including phenoxy) is 3. The van der Waals surface area contributed by atoms with Crippen LogP contribution >= 0.6 is 15.9 Å². The number of allylic oxidation sites excluding steroid dienone is 3. The van der Waals surface area contributed by atoms with Crippen molar-refractivity contribution in [2.45, 2.75) is 52.4 Å². The van der Waals surface area contributed by atoms with Crippen molar-refractivity contribution in [2.75, 3.05) is 20.3 Å². The average molecular weight is 585 g/mol. The third-order valence-corrected chi connectivity index (χ3v) is 7.47. The molecule has 0 aromatic heterocycles. The Kier molecular flexibility index (Phi) is 8.51. The summed E-state index contributed by atoms with van der Waals surface area (Å²) in [4.78, 5) is 27.3. The predicted molar refractivity (Wildman–Crippen MR) is 148 cm³/mol. The fourth-order valence-electron chi connectivity index (χ4n) is 5.10. The van der Waals surface area contributed by atoms with Crippen molar-refractivity contribution in [3.63, 3.8) is 0 Å². The summed E-state index contributed by atoms with van der Waals surface area (Å²) >= 11 is 3.42. The van der Waals surface area contributed by atoms with Gasteiger partial charge in [0.15, 0.2) is 17.3 Å². The zero-order valence-corrected chi connectivity index (χ0v) is 24.0. The molecule has 7 nitrogen and oxygen atoms in total. The van der Waals surface area contributed by atoms with E-state index in [4.69, 9.17) is 14.2 Å². The van der Waals surface area contributed by atoms with Gasteiger partial charge in [0, 0.05) is 29.3 Å². The lowest BCUT2D eigenvalue weighted by Gasteiger charge is -2.37. The zero-order valence-electron chi connectivity index (χ0n) is 22.4. The zero-order chi connectivity index (χ0) is 27.6. The van der Waals surface area contributed by atoms with Gasteiger partial charge in [0.05, 0.1) is 30.4 Å². The molecule has 2 N–H and O–H groups in total. The van der Waals surface area contributed by atoms with E-state index in [0.717, 1.165) is 17.0 Å². The Morgan fingerprint density at radius 2 is 1.87 bits per heavy atom. The van der Waals surface area contributed by atoms with E-state index in [1.807, 2.05) is 52.0 Å². The van der Waals surface area contributed by atoms with Gasteiger partial charge in [-0.2, -0.15) is 0 Å². The van der Waals surface area contributed by atoms with Crippen LogP contribution in [0, 0.1) is 5.92 Å². The van der Waals surface area contributed by atoms with Crippen molar-refractivity contribution in [3.8, 4) is 17.2 Å². The first-order valence-electron chi connectivity index (χ1n) is 12.8. The Bertz CT molecular complexity index is 1290. The number of methoxy groups -OCH3 is 1. The van der Waals surface area contributed by atoms with Crippen LogP contribution in [-0.2, 0) is 14.3 Å². The maximum atomic E-state index is 13.8. The van der Waals surface area contributed by atoms with Crippen LogP contribution in [0.15, 0.2) is 63.4 Å². The maximum absolute atomic E-state index is 13.8. The summed E-state index contributed by atoms with van der Waals surface area (Å²) < 4.78 is 17.0. The molecule has 0 bridgehead atoms. The van der Waals surface area contributed by atoms with E-state index < -0.39 is 11.9 Å². The third kappa shape index (κ3) is 5.60. The van der Waals surface area contributed by atoms with Gasteiger partial charge in [-0.1, -0.05) is 26.0 Å². The Balaban J connectivity index is 1.81. The number of Topliss-reactive ketones (excluding diaryl/α,β-unsaturated/α-hetero) is 1. The first kappa shape index (κ1) is 27.8. The summed E-state index contributed by atoms with van der Waals surface area (Å²) in [5, 5.41) is 13.9. The van der Waals surface area contributed by atoms with E-state index in [1.54, 1.807) is 19.2 Å². The molecule has 2 aromatic carbocycles. The minimum atomic E-state index is -0.661. The number of esters is 1. The molecule has 4 rings (SSSR count). The number of ketones is 1. The number of aromatic hydroxyl groups is 1. The van der Waals surface area contributed by atoms with Crippen LogP contribution < -0.4 is 14.8 Å². The van der Waals surface area contributed by atoms with Gasteiger partial charge in [0.1, 0.15) is 5.75 Å². The Labute approximate surface area is 232 Å². The number of rotatable bonds is 8. The molecule has 2 atom stereocenters. The minimum absolute atomic E-state index is 0.00640. The van der Waals surface area contributed by atoms with E-state index in [0.29, 0.717) is 46.3 Å². The fourth-order valence-corrected chi connectivity index (χ4v) is 5.56. The highest BCUT2D eigenvalue weighted by Gasteiger charge is 2.42. The van der Waals surface area contributed by atoms with E-state index in [2.05, 4.69) is 21.2 Å².